The second kappa shape index (κ2) is 7.84. The topological polar surface area (TPSA) is 84.4 Å². The number of benzene rings is 2. The van der Waals surface area contributed by atoms with E-state index in [0.29, 0.717) is 11.6 Å². The number of nitrogens with zero attached hydrogens (tertiary/aromatic N) is 2. The van der Waals surface area contributed by atoms with E-state index in [1.807, 2.05) is 22.6 Å². The number of nitrogens with two attached hydrogens (primary N) is 1. The highest BCUT2D eigenvalue weighted by molar-refractivity contribution is 6.31. The average Bonchev–Trinajstić information content (AvgIpc) is 3.09. The van der Waals surface area contributed by atoms with E-state index in [4.69, 9.17) is 17.3 Å². The molecule has 0 aliphatic carbocycles. The Balaban J connectivity index is 1.47. The molecule has 0 atom stereocenters. The van der Waals surface area contributed by atoms with Crippen molar-refractivity contribution in [3.8, 4) is 11.3 Å². The Hall–Kier alpha value is -3.72. The zero-order chi connectivity index (χ0) is 22.2. The summed E-state index contributed by atoms with van der Waals surface area (Å²) in [6.07, 6.45) is -2.89. The number of aromatic nitrogens is 2. The predicted molar refractivity (Wildman–Crippen MR) is 114 cm³/mol. The lowest BCUT2D eigenvalue weighted by Crippen LogP contribution is -2.19. The van der Waals surface area contributed by atoms with Crippen LogP contribution in [0.15, 0.2) is 66.9 Å². The van der Waals surface area contributed by atoms with Gasteiger partial charge < -0.3 is 16.4 Å². The fraction of sp³-hybridized carbons (Fsp3) is 0.0476. The van der Waals surface area contributed by atoms with E-state index < -0.39 is 22.8 Å². The molecule has 4 rings (SSSR count). The van der Waals surface area contributed by atoms with Crippen molar-refractivity contribution in [2.45, 2.75) is 6.18 Å². The average molecular weight is 446 g/mol. The van der Waals surface area contributed by atoms with Gasteiger partial charge in [0.25, 0.3) is 0 Å². The maximum Gasteiger partial charge on any atom is 0.417 e. The van der Waals surface area contributed by atoms with Gasteiger partial charge in [0.1, 0.15) is 0 Å². The quantitative estimate of drug-likeness (QED) is 0.367. The summed E-state index contributed by atoms with van der Waals surface area (Å²) < 4.78 is 40.1. The lowest BCUT2D eigenvalue weighted by molar-refractivity contribution is -0.137. The third kappa shape index (κ3) is 4.26. The minimum atomic E-state index is -4.56. The van der Waals surface area contributed by atoms with Crippen molar-refractivity contribution >= 4 is 40.5 Å². The minimum Gasteiger partial charge on any atom is -0.369 e. The SMILES string of the molecule is Nc1ncc2cccc(-c3ccc(NC(=O)Nc4ccc(C(F)(F)F)c(Cl)c4)cc3)n12. The van der Waals surface area contributed by atoms with Crippen LogP contribution in [0.3, 0.4) is 0 Å². The predicted octanol–water partition coefficient (Wildman–Crippen LogP) is 5.90. The van der Waals surface area contributed by atoms with Crippen LogP contribution >= 0.6 is 11.6 Å². The molecule has 31 heavy (non-hydrogen) atoms. The van der Waals surface area contributed by atoms with Crippen LogP contribution in [0, 0.1) is 0 Å². The standard InChI is InChI=1S/C21H15ClF3N5O/c22-17-10-14(8-9-16(17)21(23,24)25)29-20(31)28-13-6-4-12(5-7-13)18-3-1-2-15-11-27-19(26)30(15)18/h1-11H,(H2,26,27)(H2,28,29,31). The monoisotopic (exact) mass is 445 g/mol. The normalized spacial score (nSPS) is 11.5. The molecule has 4 aromatic rings. The molecular weight excluding hydrogens is 431 g/mol. The van der Waals surface area contributed by atoms with Gasteiger partial charge in [0.05, 0.1) is 28.0 Å². The number of rotatable bonds is 3. The Morgan fingerprint density at radius 3 is 2.35 bits per heavy atom. The van der Waals surface area contributed by atoms with Crippen molar-refractivity contribution in [2.75, 3.05) is 16.4 Å². The first-order valence-corrected chi connectivity index (χ1v) is 9.37. The fourth-order valence-electron chi connectivity index (χ4n) is 3.14. The molecule has 0 saturated carbocycles. The first-order valence-electron chi connectivity index (χ1n) is 8.99. The highest BCUT2D eigenvalue weighted by Gasteiger charge is 2.33. The molecule has 0 unspecified atom stereocenters. The molecule has 0 saturated heterocycles. The zero-order valence-corrected chi connectivity index (χ0v) is 16.5. The number of hydrogen-bond acceptors (Lipinski definition) is 3. The van der Waals surface area contributed by atoms with Crippen LogP contribution < -0.4 is 16.4 Å². The molecule has 10 heteroatoms. The summed E-state index contributed by atoms with van der Waals surface area (Å²) in [5.41, 5.74) is 8.14. The first kappa shape index (κ1) is 20.5. The van der Waals surface area contributed by atoms with Gasteiger partial charge >= 0.3 is 12.2 Å². The summed E-state index contributed by atoms with van der Waals surface area (Å²) in [5, 5.41) is 4.57. The van der Waals surface area contributed by atoms with Crippen molar-refractivity contribution < 1.29 is 18.0 Å². The van der Waals surface area contributed by atoms with E-state index in [-0.39, 0.29) is 5.69 Å². The third-order valence-corrected chi connectivity index (χ3v) is 4.86. The fourth-order valence-corrected chi connectivity index (χ4v) is 3.43. The van der Waals surface area contributed by atoms with E-state index >= 15 is 0 Å². The van der Waals surface area contributed by atoms with Gasteiger partial charge in [0, 0.05) is 11.4 Å². The number of alkyl halides is 3. The van der Waals surface area contributed by atoms with Crippen LogP contribution in [0.5, 0.6) is 0 Å². The molecule has 2 aromatic carbocycles. The van der Waals surface area contributed by atoms with Crippen LogP contribution in [-0.4, -0.2) is 15.4 Å². The number of nitrogens with one attached hydrogen (secondary N) is 2. The number of hydrogen-bond donors (Lipinski definition) is 3. The Labute approximate surface area is 179 Å². The van der Waals surface area contributed by atoms with Crippen LogP contribution in [0.25, 0.3) is 16.8 Å². The number of fused-ring (bicyclic) bond motifs is 1. The highest BCUT2D eigenvalue weighted by Crippen LogP contribution is 2.35. The zero-order valence-electron chi connectivity index (χ0n) is 15.7. The van der Waals surface area contributed by atoms with E-state index in [0.717, 1.165) is 35.0 Å². The molecular formula is C21H15ClF3N5O. The molecule has 0 spiro atoms. The molecule has 0 bridgehead atoms. The van der Waals surface area contributed by atoms with Gasteiger partial charge in [-0.2, -0.15) is 13.2 Å². The summed E-state index contributed by atoms with van der Waals surface area (Å²) in [6.45, 7) is 0. The Morgan fingerprint density at radius 2 is 1.68 bits per heavy atom. The van der Waals surface area contributed by atoms with Crippen LogP contribution in [0.2, 0.25) is 5.02 Å². The highest BCUT2D eigenvalue weighted by atomic mass is 35.5. The van der Waals surface area contributed by atoms with Crippen molar-refractivity contribution in [2.24, 2.45) is 0 Å². The number of carbonyl (C=O) groups excluding carboxylic acids is 1. The van der Waals surface area contributed by atoms with E-state index in [2.05, 4.69) is 15.6 Å². The number of pyridine rings is 1. The molecule has 2 aromatic heterocycles. The number of halogens is 4. The molecule has 0 aliphatic heterocycles. The van der Waals surface area contributed by atoms with Crippen molar-refractivity contribution in [3.05, 3.63) is 77.4 Å². The number of amides is 2. The number of imidazole rings is 1. The summed E-state index contributed by atoms with van der Waals surface area (Å²) in [5.74, 6) is 0.363. The smallest absolute Gasteiger partial charge is 0.369 e. The third-order valence-electron chi connectivity index (χ3n) is 4.55. The number of nitrogen functional groups attached to an aromatic ring is 1. The van der Waals surface area contributed by atoms with Crippen LogP contribution in [-0.2, 0) is 6.18 Å². The van der Waals surface area contributed by atoms with Gasteiger partial charge in [0.2, 0.25) is 5.95 Å². The molecule has 0 radical (unpaired) electrons. The second-order valence-corrected chi connectivity index (χ2v) is 7.04. The van der Waals surface area contributed by atoms with Crippen LogP contribution in [0.1, 0.15) is 5.56 Å². The lowest BCUT2D eigenvalue weighted by atomic mass is 10.1. The summed E-state index contributed by atoms with van der Waals surface area (Å²) >= 11 is 5.67. The lowest BCUT2D eigenvalue weighted by Gasteiger charge is -2.12. The first-order chi connectivity index (χ1) is 14.7. The van der Waals surface area contributed by atoms with Gasteiger partial charge in [-0.05, 0) is 48.0 Å². The summed E-state index contributed by atoms with van der Waals surface area (Å²) in [6, 6.07) is 15.0. The van der Waals surface area contributed by atoms with Gasteiger partial charge in [-0.15, -0.1) is 0 Å². The minimum absolute atomic E-state index is 0.134. The molecule has 2 amide bonds. The van der Waals surface area contributed by atoms with Gasteiger partial charge in [-0.3, -0.25) is 4.40 Å². The van der Waals surface area contributed by atoms with Crippen molar-refractivity contribution in [1.82, 2.24) is 9.38 Å². The second-order valence-electron chi connectivity index (χ2n) is 6.64. The van der Waals surface area contributed by atoms with Crippen molar-refractivity contribution in [3.63, 3.8) is 0 Å². The molecule has 0 aliphatic rings. The van der Waals surface area contributed by atoms with Crippen LogP contribution in [0.4, 0.5) is 35.3 Å². The van der Waals surface area contributed by atoms with Gasteiger partial charge in [-0.25, -0.2) is 9.78 Å². The van der Waals surface area contributed by atoms with E-state index in [9.17, 15) is 18.0 Å². The Bertz CT molecular complexity index is 1270. The number of carbonyl (C=O) groups is 1. The van der Waals surface area contributed by atoms with Crippen molar-refractivity contribution in [1.29, 1.82) is 0 Å². The van der Waals surface area contributed by atoms with Gasteiger partial charge in [-0.1, -0.05) is 29.8 Å². The number of anilines is 3. The van der Waals surface area contributed by atoms with E-state index in [1.165, 1.54) is 0 Å². The number of urea groups is 1. The maximum absolute atomic E-state index is 12.8. The molecule has 2 heterocycles. The molecule has 158 valence electrons. The molecule has 4 N–H and O–H groups in total. The molecule has 6 nitrogen and oxygen atoms in total. The summed E-state index contributed by atoms with van der Waals surface area (Å²) in [7, 11) is 0. The maximum atomic E-state index is 12.8. The van der Waals surface area contributed by atoms with Gasteiger partial charge in [0.15, 0.2) is 0 Å². The summed E-state index contributed by atoms with van der Waals surface area (Å²) in [4.78, 5) is 16.3. The Morgan fingerprint density at radius 1 is 1.00 bits per heavy atom. The Kier molecular flexibility index (Phi) is 5.20. The molecule has 0 fully saturated rings. The van der Waals surface area contributed by atoms with E-state index in [1.54, 1.807) is 30.5 Å². The largest absolute Gasteiger partial charge is 0.417 e.